The lowest BCUT2D eigenvalue weighted by atomic mass is 9.76. The third kappa shape index (κ3) is 3.01. The molecule has 2 aliphatic rings. The molecule has 124 valence electrons. The highest BCUT2D eigenvalue weighted by Crippen LogP contribution is 2.34. The van der Waals surface area contributed by atoms with Gasteiger partial charge in [-0.05, 0) is 48.8 Å². The van der Waals surface area contributed by atoms with Crippen LogP contribution in [0.4, 0.5) is 0 Å². The first-order valence-electron chi connectivity index (χ1n) is 8.85. The van der Waals surface area contributed by atoms with Crippen LogP contribution in [0.15, 0.2) is 41.5 Å². The van der Waals surface area contributed by atoms with Gasteiger partial charge in [0.1, 0.15) is 6.17 Å². The van der Waals surface area contributed by atoms with Crippen LogP contribution in [0, 0.1) is 12.3 Å². The first kappa shape index (κ1) is 15.5. The van der Waals surface area contributed by atoms with E-state index in [9.17, 15) is 0 Å². The minimum atomic E-state index is 0.0653. The van der Waals surface area contributed by atoms with E-state index in [-0.39, 0.29) is 6.17 Å². The monoisotopic (exact) mass is 319 g/mol. The maximum atomic E-state index is 4.90. The van der Waals surface area contributed by atoms with E-state index >= 15 is 0 Å². The van der Waals surface area contributed by atoms with Crippen LogP contribution in [-0.2, 0) is 12.8 Å². The van der Waals surface area contributed by atoms with Crippen molar-refractivity contribution in [2.24, 2.45) is 10.4 Å². The topological polar surface area (TPSA) is 37.3 Å². The second-order valence-corrected chi connectivity index (χ2v) is 7.94. The van der Waals surface area contributed by atoms with Crippen molar-refractivity contribution in [3.8, 4) is 0 Å². The number of rotatable bonds is 2. The Bertz CT molecular complexity index is 787. The maximum absolute atomic E-state index is 4.90. The van der Waals surface area contributed by atoms with Crippen LogP contribution in [0.1, 0.15) is 54.4 Å². The summed E-state index contributed by atoms with van der Waals surface area (Å²) < 4.78 is 0. The summed E-state index contributed by atoms with van der Waals surface area (Å²) in [5, 5.41) is 3.50. The molecule has 1 aliphatic carbocycles. The predicted octanol–water partition coefficient (Wildman–Crippen LogP) is 4.00. The standard InChI is InChI=1S/C21H25N3/c1-14-4-6-15(7-5-14)20-23-13-19(24-20)17-10-16-8-9-21(2,3)11-18(16)22-12-17/h4-7,10,12,20,23H,8-9,11,13H2,1-3H3. The summed E-state index contributed by atoms with van der Waals surface area (Å²) in [5.74, 6) is 0. The Labute approximate surface area is 144 Å². The van der Waals surface area contributed by atoms with E-state index in [4.69, 9.17) is 9.98 Å². The molecule has 0 radical (unpaired) electrons. The van der Waals surface area contributed by atoms with Gasteiger partial charge in [0.15, 0.2) is 0 Å². The highest BCUT2D eigenvalue weighted by Gasteiger charge is 2.27. The highest BCUT2D eigenvalue weighted by atomic mass is 15.1. The molecule has 3 nitrogen and oxygen atoms in total. The van der Waals surface area contributed by atoms with E-state index < -0.39 is 0 Å². The molecule has 0 fully saturated rings. The van der Waals surface area contributed by atoms with Crippen molar-refractivity contribution in [3.63, 3.8) is 0 Å². The molecule has 1 N–H and O–H groups in total. The number of aromatic nitrogens is 1. The minimum Gasteiger partial charge on any atom is -0.286 e. The van der Waals surface area contributed by atoms with Gasteiger partial charge in [-0.3, -0.25) is 15.3 Å². The average Bonchev–Trinajstić information content (AvgIpc) is 3.04. The number of pyridine rings is 1. The third-order valence-electron chi connectivity index (χ3n) is 5.25. The summed E-state index contributed by atoms with van der Waals surface area (Å²) >= 11 is 0. The average molecular weight is 319 g/mol. The highest BCUT2D eigenvalue weighted by molar-refractivity contribution is 6.03. The van der Waals surface area contributed by atoms with Crippen LogP contribution in [0.3, 0.4) is 0 Å². The lowest BCUT2D eigenvalue weighted by molar-refractivity contribution is 0.310. The van der Waals surface area contributed by atoms with Crippen molar-refractivity contribution in [2.75, 3.05) is 6.54 Å². The largest absolute Gasteiger partial charge is 0.286 e. The van der Waals surface area contributed by atoms with Crippen LogP contribution in [0.25, 0.3) is 0 Å². The molecule has 0 spiro atoms. The summed E-state index contributed by atoms with van der Waals surface area (Å²) in [6, 6.07) is 10.9. The molecule has 1 aromatic carbocycles. The first-order chi connectivity index (χ1) is 11.5. The predicted molar refractivity (Wildman–Crippen MR) is 98.5 cm³/mol. The van der Waals surface area contributed by atoms with Gasteiger partial charge in [-0.25, -0.2) is 0 Å². The lowest BCUT2D eigenvalue weighted by Crippen LogP contribution is -2.24. The Morgan fingerprint density at radius 1 is 1.17 bits per heavy atom. The summed E-state index contributed by atoms with van der Waals surface area (Å²) in [4.78, 5) is 9.66. The number of nitrogens with one attached hydrogen (secondary N) is 1. The molecule has 0 saturated carbocycles. The molecule has 2 aromatic rings. The number of hydrogen-bond donors (Lipinski definition) is 1. The summed E-state index contributed by atoms with van der Waals surface area (Å²) in [5.41, 5.74) is 7.87. The van der Waals surface area contributed by atoms with Gasteiger partial charge in [-0.2, -0.15) is 0 Å². The van der Waals surface area contributed by atoms with Gasteiger partial charge in [0.25, 0.3) is 0 Å². The van der Waals surface area contributed by atoms with Gasteiger partial charge in [0, 0.05) is 24.0 Å². The Kier molecular flexibility index (Phi) is 3.76. The molecule has 1 aromatic heterocycles. The van der Waals surface area contributed by atoms with E-state index in [2.05, 4.69) is 56.4 Å². The Hall–Kier alpha value is -2.00. The van der Waals surface area contributed by atoms with Crippen molar-refractivity contribution < 1.29 is 0 Å². The molecule has 4 rings (SSSR count). The number of aryl methyl sites for hydroxylation is 2. The summed E-state index contributed by atoms with van der Waals surface area (Å²) in [6.07, 6.45) is 5.53. The number of benzene rings is 1. The summed E-state index contributed by atoms with van der Waals surface area (Å²) in [6.45, 7) is 7.59. The molecule has 0 saturated heterocycles. The van der Waals surface area contributed by atoms with E-state index in [1.54, 1.807) is 0 Å². The van der Waals surface area contributed by atoms with Crippen molar-refractivity contribution in [1.29, 1.82) is 0 Å². The Morgan fingerprint density at radius 2 is 1.96 bits per heavy atom. The quantitative estimate of drug-likeness (QED) is 0.908. The normalized spacial score (nSPS) is 22.1. The zero-order valence-corrected chi connectivity index (χ0v) is 14.8. The van der Waals surface area contributed by atoms with E-state index in [0.717, 1.165) is 25.1 Å². The van der Waals surface area contributed by atoms with Crippen molar-refractivity contribution >= 4 is 5.71 Å². The van der Waals surface area contributed by atoms with E-state index in [0.29, 0.717) is 5.41 Å². The number of hydrogen-bond acceptors (Lipinski definition) is 3. The van der Waals surface area contributed by atoms with Crippen LogP contribution >= 0.6 is 0 Å². The van der Waals surface area contributed by atoms with Crippen LogP contribution in [0.5, 0.6) is 0 Å². The SMILES string of the molecule is Cc1ccc(C2N=C(c3cnc4c(c3)CCC(C)(C)C4)CN2)cc1. The zero-order valence-electron chi connectivity index (χ0n) is 14.8. The molecule has 1 atom stereocenters. The van der Waals surface area contributed by atoms with E-state index in [1.807, 2.05) is 6.20 Å². The smallest absolute Gasteiger partial charge is 0.126 e. The Morgan fingerprint density at radius 3 is 2.75 bits per heavy atom. The minimum absolute atomic E-state index is 0.0653. The second kappa shape index (κ2) is 5.82. The zero-order chi connectivity index (χ0) is 16.7. The maximum Gasteiger partial charge on any atom is 0.126 e. The second-order valence-electron chi connectivity index (χ2n) is 7.94. The molecule has 0 amide bonds. The number of nitrogens with zero attached hydrogens (tertiary/aromatic N) is 2. The molecular weight excluding hydrogens is 294 g/mol. The van der Waals surface area contributed by atoms with Crippen LogP contribution < -0.4 is 5.32 Å². The molecule has 24 heavy (non-hydrogen) atoms. The molecule has 2 heterocycles. The molecule has 3 heteroatoms. The van der Waals surface area contributed by atoms with Crippen LogP contribution in [-0.4, -0.2) is 17.2 Å². The van der Waals surface area contributed by atoms with Gasteiger partial charge < -0.3 is 0 Å². The Balaban J connectivity index is 1.58. The van der Waals surface area contributed by atoms with Crippen LogP contribution in [0.2, 0.25) is 0 Å². The van der Waals surface area contributed by atoms with Crippen molar-refractivity contribution in [3.05, 3.63) is 64.5 Å². The van der Waals surface area contributed by atoms with Gasteiger partial charge >= 0.3 is 0 Å². The summed E-state index contributed by atoms with van der Waals surface area (Å²) in [7, 11) is 0. The van der Waals surface area contributed by atoms with E-state index in [1.165, 1.54) is 34.4 Å². The van der Waals surface area contributed by atoms with Gasteiger partial charge in [0.2, 0.25) is 0 Å². The van der Waals surface area contributed by atoms with Gasteiger partial charge in [-0.15, -0.1) is 0 Å². The molecule has 1 aliphatic heterocycles. The number of aliphatic imine (C=N–C) groups is 1. The molecule has 1 unspecified atom stereocenters. The lowest BCUT2D eigenvalue weighted by Gasteiger charge is -2.30. The fraction of sp³-hybridized carbons (Fsp3) is 0.429. The fourth-order valence-corrected chi connectivity index (χ4v) is 3.65. The third-order valence-corrected chi connectivity index (χ3v) is 5.25. The van der Waals surface area contributed by atoms with Gasteiger partial charge in [0.05, 0.1) is 5.71 Å². The number of fused-ring (bicyclic) bond motifs is 1. The van der Waals surface area contributed by atoms with Gasteiger partial charge in [-0.1, -0.05) is 43.7 Å². The van der Waals surface area contributed by atoms with Crippen molar-refractivity contribution in [1.82, 2.24) is 10.3 Å². The van der Waals surface area contributed by atoms with Crippen molar-refractivity contribution in [2.45, 2.75) is 46.2 Å². The first-order valence-corrected chi connectivity index (χ1v) is 8.85. The molecule has 0 bridgehead atoms. The fourth-order valence-electron chi connectivity index (χ4n) is 3.65. The molecular formula is C21H25N3.